The highest BCUT2D eigenvalue weighted by Crippen LogP contribution is 2.25. The summed E-state index contributed by atoms with van der Waals surface area (Å²) in [5.74, 6) is 1.07. The van der Waals surface area contributed by atoms with E-state index in [1.54, 1.807) is 0 Å². The number of piperidine rings is 1. The summed E-state index contributed by atoms with van der Waals surface area (Å²) < 4.78 is 5.98. The van der Waals surface area contributed by atoms with Gasteiger partial charge in [-0.15, -0.1) is 0 Å². The normalized spacial score (nSPS) is 20.6. The number of rotatable bonds is 6. The lowest BCUT2D eigenvalue weighted by Gasteiger charge is -2.26. The molecule has 4 rings (SSSR count). The molecule has 0 saturated carbocycles. The van der Waals surface area contributed by atoms with Crippen LogP contribution < -0.4 is 4.74 Å². The lowest BCUT2D eigenvalue weighted by atomic mass is 10.1. The number of hydrogen-bond donors (Lipinski definition) is 0. The Hall–Kier alpha value is -2.07. The van der Waals surface area contributed by atoms with Crippen LogP contribution in [0.15, 0.2) is 36.4 Å². The highest BCUT2D eigenvalue weighted by atomic mass is 16.5. The van der Waals surface area contributed by atoms with Gasteiger partial charge in [0.15, 0.2) is 0 Å². The maximum Gasteiger partial charge on any atom is 0.254 e. The summed E-state index contributed by atoms with van der Waals surface area (Å²) in [6, 6.07) is 12.5. The maximum absolute atomic E-state index is 12.8. The topological polar surface area (TPSA) is 32.8 Å². The third-order valence-corrected chi connectivity index (χ3v) is 6.21. The molecule has 2 aromatic carbocycles. The van der Waals surface area contributed by atoms with Crippen LogP contribution in [-0.2, 0) is 0 Å². The lowest BCUT2D eigenvalue weighted by Crippen LogP contribution is -2.33. The van der Waals surface area contributed by atoms with Crippen molar-refractivity contribution in [3.8, 4) is 5.75 Å². The molecule has 2 aliphatic rings. The average molecular weight is 381 g/mol. The van der Waals surface area contributed by atoms with Crippen LogP contribution in [0.1, 0.15) is 55.8 Å². The van der Waals surface area contributed by atoms with Gasteiger partial charge in [0.25, 0.3) is 5.91 Å². The third-order valence-electron chi connectivity index (χ3n) is 6.21. The Balaban J connectivity index is 1.34. The van der Waals surface area contributed by atoms with E-state index in [0.717, 1.165) is 61.0 Å². The first-order valence-corrected chi connectivity index (χ1v) is 10.9. The van der Waals surface area contributed by atoms with E-state index in [-0.39, 0.29) is 5.91 Å². The minimum absolute atomic E-state index is 0.157. The van der Waals surface area contributed by atoms with Gasteiger partial charge in [-0.2, -0.15) is 0 Å². The highest BCUT2D eigenvalue weighted by Gasteiger charge is 2.25. The van der Waals surface area contributed by atoms with Crippen LogP contribution in [0.4, 0.5) is 0 Å². The molecule has 0 N–H and O–H groups in total. The molecule has 2 aliphatic heterocycles. The van der Waals surface area contributed by atoms with Crippen molar-refractivity contribution in [2.75, 3.05) is 32.8 Å². The molecule has 1 atom stereocenters. The minimum atomic E-state index is 0.157. The summed E-state index contributed by atoms with van der Waals surface area (Å²) in [7, 11) is 0. The Morgan fingerprint density at radius 1 is 1.00 bits per heavy atom. The van der Waals surface area contributed by atoms with Crippen molar-refractivity contribution in [1.82, 2.24) is 9.80 Å². The van der Waals surface area contributed by atoms with Crippen molar-refractivity contribution in [3.05, 3.63) is 42.0 Å². The lowest BCUT2D eigenvalue weighted by molar-refractivity contribution is 0.0747. The zero-order valence-corrected chi connectivity index (χ0v) is 17.0. The van der Waals surface area contributed by atoms with Gasteiger partial charge in [-0.1, -0.05) is 18.6 Å². The fraction of sp³-hybridized carbons (Fsp3) is 0.542. The molecule has 1 amide bonds. The van der Waals surface area contributed by atoms with E-state index in [4.69, 9.17) is 4.74 Å². The number of fused-ring (bicyclic) bond motifs is 1. The molecule has 4 heteroatoms. The number of benzene rings is 2. The molecule has 2 saturated heterocycles. The third kappa shape index (κ3) is 4.49. The van der Waals surface area contributed by atoms with Crippen molar-refractivity contribution < 1.29 is 9.53 Å². The van der Waals surface area contributed by atoms with Crippen LogP contribution in [0.2, 0.25) is 0 Å². The predicted octanol–water partition coefficient (Wildman–Crippen LogP) is 4.72. The second-order valence-corrected chi connectivity index (χ2v) is 8.32. The smallest absolute Gasteiger partial charge is 0.254 e. The van der Waals surface area contributed by atoms with E-state index in [0.29, 0.717) is 6.04 Å². The number of carbonyl (C=O) groups excluding carboxylic acids is 1. The molecular weight excluding hydrogens is 348 g/mol. The van der Waals surface area contributed by atoms with Crippen molar-refractivity contribution in [2.45, 2.75) is 51.5 Å². The van der Waals surface area contributed by atoms with Crippen LogP contribution >= 0.6 is 0 Å². The number of amides is 1. The van der Waals surface area contributed by atoms with Gasteiger partial charge in [0.2, 0.25) is 0 Å². The van der Waals surface area contributed by atoms with Gasteiger partial charge in [0.05, 0.1) is 6.61 Å². The fourth-order valence-electron chi connectivity index (χ4n) is 4.51. The molecule has 0 bridgehead atoms. The van der Waals surface area contributed by atoms with Gasteiger partial charge in [-0.3, -0.25) is 4.79 Å². The highest BCUT2D eigenvalue weighted by molar-refractivity contribution is 5.99. The molecule has 0 radical (unpaired) electrons. The van der Waals surface area contributed by atoms with Gasteiger partial charge in [-0.05, 0) is 87.2 Å². The molecule has 28 heavy (non-hydrogen) atoms. The second-order valence-electron chi connectivity index (χ2n) is 8.32. The maximum atomic E-state index is 12.8. The first-order chi connectivity index (χ1) is 13.7. The van der Waals surface area contributed by atoms with Gasteiger partial charge in [-0.25, -0.2) is 0 Å². The first kappa shape index (κ1) is 19.3. The van der Waals surface area contributed by atoms with Gasteiger partial charge >= 0.3 is 0 Å². The largest absolute Gasteiger partial charge is 0.494 e. The van der Waals surface area contributed by atoms with Crippen molar-refractivity contribution in [1.29, 1.82) is 0 Å². The molecule has 2 fully saturated rings. The number of hydrogen-bond acceptors (Lipinski definition) is 3. The van der Waals surface area contributed by atoms with Crippen molar-refractivity contribution in [2.24, 2.45) is 0 Å². The summed E-state index contributed by atoms with van der Waals surface area (Å²) in [4.78, 5) is 17.3. The predicted molar refractivity (Wildman–Crippen MR) is 114 cm³/mol. The molecule has 0 spiro atoms. The standard InChI is InChI=1S/C24H32N2O2/c1-19-7-5-15-26(19)24(27)22-9-8-21-18-23(11-10-20(21)17-22)28-16-6-14-25-12-3-2-4-13-25/h8-11,17-19H,2-7,12-16H2,1H3. The van der Waals surface area contributed by atoms with E-state index in [1.165, 1.54) is 32.4 Å². The molecule has 150 valence electrons. The van der Waals surface area contributed by atoms with Gasteiger partial charge in [0.1, 0.15) is 5.75 Å². The SMILES string of the molecule is CC1CCCN1C(=O)c1ccc2cc(OCCCN3CCCCC3)ccc2c1. The Bertz CT molecular complexity index is 813. The van der Waals surface area contributed by atoms with E-state index in [1.807, 2.05) is 29.2 Å². The van der Waals surface area contributed by atoms with Crippen LogP contribution in [0.3, 0.4) is 0 Å². The summed E-state index contributed by atoms with van der Waals surface area (Å²) in [5.41, 5.74) is 0.788. The van der Waals surface area contributed by atoms with E-state index in [9.17, 15) is 4.79 Å². The van der Waals surface area contributed by atoms with Crippen LogP contribution in [-0.4, -0.2) is 54.5 Å². The van der Waals surface area contributed by atoms with E-state index < -0.39 is 0 Å². The number of ether oxygens (including phenoxy) is 1. The fourth-order valence-corrected chi connectivity index (χ4v) is 4.51. The summed E-state index contributed by atoms with van der Waals surface area (Å²) in [6.45, 7) is 7.39. The monoisotopic (exact) mass is 380 g/mol. The molecule has 2 aromatic rings. The average Bonchev–Trinajstić information content (AvgIpc) is 3.17. The van der Waals surface area contributed by atoms with Crippen molar-refractivity contribution in [3.63, 3.8) is 0 Å². The zero-order valence-electron chi connectivity index (χ0n) is 17.0. The summed E-state index contributed by atoms with van der Waals surface area (Å²) in [5, 5.41) is 2.22. The molecule has 0 aliphatic carbocycles. The summed E-state index contributed by atoms with van der Waals surface area (Å²) >= 11 is 0. The van der Waals surface area contributed by atoms with E-state index >= 15 is 0 Å². The Kier molecular flexibility index (Phi) is 6.16. The first-order valence-electron chi connectivity index (χ1n) is 10.9. The van der Waals surface area contributed by atoms with E-state index in [2.05, 4.69) is 24.0 Å². The quantitative estimate of drug-likeness (QED) is 0.680. The Morgan fingerprint density at radius 2 is 1.79 bits per heavy atom. The molecule has 2 heterocycles. The molecular formula is C24H32N2O2. The number of likely N-dealkylation sites (tertiary alicyclic amines) is 2. The summed E-state index contributed by atoms with van der Waals surface area (Å²) in [6.07, 6.45) is 7.35. The van der Waals surface area contributed by atoms with Crippen molar-refractivity contribution >= 4 is 16.7 Å². The van der Waals surface area contributed by atoms with Gasteiger partial charge < -0.3 is 14.5 Å². The van der Waals surface area contributed by atoms with Crippen LogP contribution in [0.25, 0.3) is 10.8 Å². The molecule has 1 unspecified atom stereocenters. The second kappa shape index (κ2) is 8.95. The zero-order chi connectivity index (χ0) is 19.3. The number of nitrogens with zero attached hydrogens (tertiary/aromatic N) is 2. The van der Waals surface area contributed by atoms with Gasteiger partial charge in [0, 0.05) is 24.7 Å². The van der Waals surface area contributed by atoms with Crippen LogP contribution in [0.5, 0.6) is 5.75 Å². The Labute approximate surface area is 168 Å². The Morgan fingerprint density at radius 3 is 2.57 bits per heavy atom. The molecule has 4 nitrogen and oxygen atoms in total. The number of carbonyl (C=O) groups is 1. The van der Waals surface area contributed by atoms with Crippen LogP contribution in [0, 0.1) is 0 Å². The minimum Gasteiger partial charge on any atom is -0.494 e. The molecule has 0 aromatic heterocycles.